The Bertz CT molecular complexity index is 1140. The van der Waals surface area contributed by atoms with Crippen LogP contribution in [0, 0.1) is 10.8 Å². The zero-order valence-corrected chi connectivity index (χ0v) is 27.0. The van der Waals surface area contributed by atoms with Gasteiger partial charge in [0.15, 0.2) is 0 Å². The van der Waals surface area contributed by atoms with Crippen LogP contribution < -0.4 is 39.0 Å². The molecule has 0 amide bonds. The van der Waals surface area contributed by atoms with Crippen LogP contribution in [0.15, 0.2) is 40.7 Å². The van der Waals surface area contributed by atoms with Gasteiger partial charge in [-0.3, -0.25) is 0 Å². The topological polar surface area (TPSA) is 58.6 Å². The Balaban J connectivity index is 0.00000432. The predicted octanol–water partition coefficient (Wildman–Crippen LogP) is 5.22. The summed E-state index contributed by atoms with van der Waals surface area (Å²) in [4.78, 5) is 13.3. The number of fused-ring (bicyclic) bond motifs is 2. The summed E-state index contributed by atoms with van der Waals surface area (Å²) in [6.07, 6.45) is 4.84. The van der Waals surface area contributed by atoms with E-state index in [1.54, 1.807) is 0 Å². The molecular formula is C29H42NaO4P. The van der Waals surface area contributed by atoms with Gasteiger partial charge in [-0.1, -0.05) is 101 Å². The molecule has 2 aliphatic rings. The molecule has 0 spiro atoms. The van der Waals surface area contributed by atoms with Crippen molar-refractivity contribution < 1.29 is 48.1 Å². The number of phosphoric acid groups is 1. The molecule has 3 rings (SSSR count). The quantitative estimate of drug-likeness (QED) is 0.356. The minimum Gasteiger partial charge on any atom is -0.736 e. The number of benzene rings is 1. The van der Waals surface area contributed by atoms with E-state index in [1.807, 2.05) is 0 Å². The largest absolute Gasteiger partial charge is 1.00 e. The minimum absolute atomic E-state index is 0. The van der Waals surface area contributed by atoms with E-state index < -0.39 is 7.82 Å². The second kappa shape index (κ2) is 9.52. The van der Waals surface area contributed by atoms with Crippen molar-refractivity contribution in [2.75, 3.05) is 0 Å². The number of allylic oxidation sites excluding steroid dienone is 4. The summed E-state index contributed by atoms with van der Waals surface area (Å²) in [6, 6.07) is 4.16. The average Bonchev–Trinajstić information content (AvgIpc) is 2.58. The van der Waals surface area contributed by atoms with Crippen LogP contribution in [0.25, 0.3) is 6.08 Å². The fourth-order valence-electron chi connectivity index (χ4n) is 4.29. The van der Waals surface area contributed by atoms with Gasteiger partial charge in [-0.25, -0.2) is 4.57 Å². The molecule has 1 aromatic rings. The van der Waals surface area contributed by atoms with Gasteiger partial charge < -0.3 is 13.9 Å². The molecule has 1 aromatic carbocycles. The second-order valence-corrected chi connectivity index (χ2v) is 15.1. The van der Waals surface area contributed by atoms with E-state index in [0.717, 1.165) is 27.8 Å². The summed E-state index contributed by atoms with van der Waals surface area (Å²) in [5, 5.41) is 0. The molecule has 0 bridgehead atoms. The fraction of sp³-hybridized carbons (Fsp3) is 0.586. The van der Waals surface area contributed by atoms with Gasteiger partial charge in [-0.2, -0.15) is 0 Å². The SMILES string of the molecule is CC(C)(C)C1=CC(C(C)(C)C)=C2OP(=O)([O-])Oc3c(cc(C(C)(C)C)cc3C(C)(C)C)/C=C\2C1.[Na+]. The molecule has 0 N–H and O–H groups in total. The summed E-state index contributed by atoms with van der Waals surface area (Å²) in [5.74, 6) is 0.775. The predicted molar refractivity (Wildman–Crippen MR) is 140 cm³/mol. The fourth-order valence-corrected chi connectivity index (χ4v) is 5.20. The Kier molecular flexibility index (Phi) is 8.28. The monoisotopic (exact) mass is 508 g/mol. The van der Waals surface area contributed by atoms with Gasteiger partial charge in [-0.05, 0) is 51.4 Å². The average molecular weight is 509 g/mol. The van der Waals surface area contributed by atoms with Gasteiger partial charge in [0.05, 0.1) is 0 Å². The Labute approximate surface area is 235 Å². The molecule has 0 saturated carbocycles. The molecule has 0 aromatic heterocycles. The molecule has 1 aliphatic heterocycles. The maximum atomic E-state index is 13.3. The van der Waals surface area contributed by atoms with Crippen molar-refractivity contribution in [2.45, 2.75) is 100 Å². The van der Waals surface area contributed by atoms with Gasteiger partial charge in [0.2, 0.25) is 0 Å². The van der Waals surface area contributed by atoms with E-state index >= 15 is 0 Å². The van der Waals surface area contributed by atoms with Crippen molar-refractivity contribution in [2.24, 2.45) is 10.8 Å². The maximum Gasteiger partial charge on any atom is 1.00 e. The van der Waals surface area contributed by atoms with Crippen molar-refractivity contribution in [1.29, 1.82) is 0 Å². The number of rotatable bonds is 0. The Hall–Kier alpha value is -0.770. The molecule has 4 nitrogen and oxygen atoms in total. The van der Waals surface area contributed by atoms with Crippen LogP contribution in [0.2, 0.25) is 0 Å². The molecule has 1 atom stereocenters. The van der Waals surface area contributed by atoms with Gasteiger partial charge in [0.1, 0.15) is 11.5 Å². The minimum atomic E-state index is -4.68. The number of hydrogen-bond acceptors (Lipinski definition) is 4. The molecule has 0 fully saturated rings. The molecule has 188 valence electrons. The van der Waals surface area contributed by atoms with E-state index in [9.17, 15) is 9.46 Å². The van der Waals surface area contributed by atoms with Gasteiger partial charge in [0, 0.05) is 16.7 Å². The third-order valence-electron chi connectivity index (χ3n) is 6.53. The van der Waals surface area contributed by atoms with Crippen molar-refractivity contribution in [3.63, 3.8) is 0 Å². The van der Waals surface area contributed by atoms with Crippen molar-refractivity contribution in [3.8, 4) is 5.75 Å². The normalized spacial score (nSPS) is 22.8. The van der Waals surface area contributed by atoms with Gasteiger partial charge >= 0.3 is 37.4 Å². The summed E-state index contributed by atoms with van der Waals surface area (Å²) in [7, 11) is -4.68. The summed E-state index contributed by atoms with van der Waals surface area (Å²) in [5.41, 5.74) is 5.00. The van der Waals surface area contributed by atoms with E-state index in [4.69, 9.17) is 9.05 Å². The van der Waals surface area contributed by atoms with Crippen LogP contribution in [0.4, 0.5) is 0 Å². The van der Waals surface area contributed by atoms with Gasteiger partial charge in [-0.15, -0.1) is 0 Å². The summed E-state index contributed by atoms with van der Waals surface area (Å²) >= 11 is 0. The Morgan fingerprint density at radius 2 is 1.34 bits per heavy atom. The standard InChI is InChI=1S/C29H43O4P.Na/c1-26(2,3)20-14-18-13-19-15-21(27(4,5)6)17-23(29(10,11)12)25(19)33-34(30,31)32-24(18)22(16-20)28(7,8)9;/h13-14,16-17H,15H2,1-12H3,(H,30,31);/q;+1/p-1/b19-13-;. The van der Waals surface area contributed by atoms with Crippen LogP contribution in [0.3, 0.4) is 0 Å². The first-order valence-electron chi connectivity index (χ1n) is 12.2. The zero-order valence-electron chi connectivity index (χ0n) is 24.1. The van der Waals surface area contributed by atoms with E-state index in [-0.39, 0.29) is 51.2 Å². The van der Waals surface area contributed by atoms with E-state index in [1.165, 1.54) is 5.57 Å². The van der Waals surface area contributed by atoms with E-state index in [0.29, 0.717) is 17.9 Å². The van der Waals surface area contributed by atoms with Crippen LogP contribution in [0.1, 0.15) is 106 Å². The Morgan fingerprint density at radius 1 is 0.771 bits per heavy atom. The molecule has 0 saturated heterocycles. The van der Waals surface area contributed by atoms with Crippen molar-refractivity contribution in [3.05, 3.63) is 57.4 Å². The molecule has 0 radical (unpaired) electrons. The van der Waals surface area contributed by atoms with Crippen LogP contribution >= 0.6 is 7.82 Å². The smallest absolute Gasteiger partial charge is 0.736 e. The third kappa shape index (κ3) is 6.76. The first-order valence-corrected chi connectivity index (χ1v) is 13.6. The van der Waals surface area contributed by atoms with Crippen LogP contribution in [-0.4, -0.2) is 0 Å². The number of phosphoric ester groups is 1. The van der Waals surface area contributed by atoms with Crippen LogP contribution in [0.5, 0.6) is 5.75 Å². The molecule has 1 unspecified atom stereocenters. The molecule has 35 heavy (non-hydrogen) atoms. The Morgan fingerprint density at radius 3 is 1.80 bits per heavy atom. The summed E-state index contributed by atoms with van der Waals surface area (Å²) < 4.78 is 24.7. The first-order chi connectivity index (χ1) is 15.1. The van der Waals surface area contributed by atoms with Gasteiger partial charge in [0.25, 0.3) is 0 Å². The van der Waals surface area contributed by atoms with Crippen molar-refractivity contribution in [1.82, 2.24) is 0 Å². The van der Waals surface area contributed by atoms with E-state index in [2.05, 4.69) is 107 Å². The summed E-state index contributed by atoms with van der Waals surface area (Å²) in [6.45, 7) is 25.6. The third-order valence-corrected chi connectivity index (χ3v) is 7.35. The molecular weight excluding hydrogens is 466 g/mol. The second-order valence-electron chi connectivity index (χ2n) is 13.8. The molecule has 1 aliphatic carbocycles. The molecule has 6 heteroatoms. The van der Waals surface area contributed by atoms with Crippen molar-refractivity contribution >= 4 is 13.9 Å². The van der Waals surface area contributed by atoms with Crippen LogP contribution in [-0.2, 0) is 19.9 Å². The zero-order chi connectivity index (χ0) is 26.1. The first kappa shape index (κ1) is 30.5. The maximum absolute atomic E-state index is 13.3. The molecule has 1 heterocycles. The number of hydrogen-bond donors (Lipinski definition) is 0.